The predicted octanol–water partition coefficient (Wildman–Crippen LogP) is 5.90. The minimum absolute atomic E-state index is 0.221. The van der Waals surface area contributed by atoms with Crippen molar-refractivity contribution in [2.75, 3.05) is 6.61 Å². The Kier molecular flexibility index (Phi) is 8.30. The summed E-state index contributed by atoms with van der Waals surface area (Å²) in [5.41, 5.74) is 3.39. The van der Waals surface area contributed by atoms with E-state index < -0.39 is 12.0 Å². The summed E-state index contributed by atoms with van der Waals surface area (Å²) in [5.74, 6) is 0.235. The summed E-state index contributed by atoms with van der Waals surface area (Å²) in [4.78, 5) is 31.9. The van der Waals surface area contributed by atoms with Gasteiger partial charge in [0.2, 0.25) is 0 Å². The second-order valence-electron chi connectivity index (χ2n) is 8.82. The van der Waals surface area contributed by atoms with Crippen LogP contribution in [0.25, 0.3) is 6.08 Å². The number of esters is 1. The fraction of sp³-hybridized carbons (Fsp3) is 0.167. The van der Waals surface area contributed by atoms with E-state index in [-0.39, 0.29) is 12.2 Å². The Morgan fingerprint density at radius 2 is 1.82 bits per heavy atom. The lowest BCUT2D eigenvalue weighted by molar-refractivity contribution is -0.139. The summed E-state index contributed by atoms with van der Waals surface area (Å²) < 4.78 is 15.1. The molecular formula is C30H24Br2N2O4S. The fourth-order valence-corrected chi connectivity index (χ4v) is 6.18. The summed E-state index contributed by atoms with van der Waals surface area (Å²) in [7, 11) is 0. The van der Waals surface area contributed by atoms with Crippen LogP contribution in [0.5, 0.6) is 5.75 Å². The van der Waals surface area contributed by atoms with Crippen LogP contribution in [0.3, 0.4) is 0 Å². The molecule has 9 heteroatoms. The van der Waals surface area contributed by atoms with Gasteiger partial charge < -0.3 is 9.47 Å². The molecule has 0 aliphatic carbocycles. The van der Waals surface area contributed by atoms with E-state index in [9.17, 15) is 9.59 Å². The minimum atomic E-state index is -0.643. The molecule has 5 rings (SSSR count). The van der Waals surface area contributed by atoms with E-state index in [1.807, 2.05) is 78.9 Å². The Hall–Kier alpha value is -3.27. The van der Waals surface area contributed by atoms with Gasteiger partial charge in [0.1, 0.15) is 12.4 Å². The van der Waals surface area contributed by atoms with Gasteiger partial charge in [-0.2, -0.15) is 0 Å². The number of rotatable bonds is 7. The van der Waals surface area contributed by atoms with Crippen LogP contribution in [-0.2, 0) is 16.1 Å². The van der Waals surface area contributed by atoms with Crippen molar-refractivity contribution in [3.8, 4) is 5.75 Å². The average Bonchev–Trinajstić information content (AvgIpc) is 3.22. The Bertz CT molecular complexity index is 1740. The normalized spacial score (nSPS) is 15.1. The van der Waals surface area contributed by atoms with Crippen molar-refractivity contribution in [1.29, 1.82) is 0 Å². The molecule has 0 fully saturated rings. The molecule has 0 N–H and O–H groups in total. The number of aromatic nitrogens is 1. The van der Waals surface area contributed by atoms with Gasteiger partial charge in [-0.1, -0.05) is 75.8 Å². The molecule has 0 radical (unpaired) electrons. The van der Waals surface area contributed by atoms with Gasteiger partial charge in [0.25, 0.3) is 5.56 Å². The number of hydrogen-bond donors (Lipinski definition) is 0. The van der Waals surface area contributed by atoms with Gasteiger partial charge in [0.05, 0.1) is 32.9 Å². The van der Waals surface area contributed by atoms with Gasteiger partial charge in [-0.15, -0.1) is 0 Å². The van der Waals surface area contributed by atoms with E-state index in [4.69, 9.17) is 9.47 Å². The summed E-state index contributed by atoms with van der Waals surface area (Å²) in [5, 5.41) is 0. The third-order valence-electron chi connectivity index (χ3n) is 6.19. The smallest absolute Gasteiger partial charge is 0.338 e. The number of carbonyl (C=O) groups excluding carboxylic acids is 1. The van der Waals surface area contributed by atoms with E-state index in [1.165, 1.54) is 11.3 Å². The van der Waals surface area contributed by atoms with Crippen molar-refractivity contribution < 1.29 is 14.3 Å². The second kappa shape index (κ2) is 11.9. The molecule has 0 saturated carbocycles. The highest BCUT2D eigenvalue weighted by Crippen LogP contribution is 2.31. The number of allylic oxidation sites excluding steroid dienone is 1. The van der Waals surface area contributed by atoms with Crippen LogP contribution in [0.4, 0.5) is 0 Å². The van der Waals surface area contributed by atoms with Gasteiger partial charge >= 0.3 is 5.97 Å². The summed E-state index contributed by atoms with van der Waals surface area (Å²) >= 11 is 8.35. The molecule has 3 aromatic carbocycles. The third kappa shape index (κ3) is 5.85. The maximum Gasteiger partial charge on any atom is 0.338 e. The molecule has 0 saturated heterocycles. The molecule has 0 unspecified atom stereocenters. The highest BCUT2D eigenvalue weighted by atomic mass is 79.9. The predicted molar refractivity (Wildman–Crippen MR) is 159 cm³/mol. The van der Waals surface area contributed by atoms with Gasteiger partial charge in [0.15, 0.2) is 4.80 Å². The first-order valence-corrected chi connectivity index (χ1v) is 14.7. The summed E-state index contributed by atoms with van der Waals surface area (Å²) in [6.45, 7) is 4.22. The number of hydrogen-bond acceptors (Lipinski definition) is 6. The van der Waals surface area contributed by atoms with Crippen molar-refractivity contribution in [3.63, 3.8) is 0 Å². The van der Waals surface area contributed by atoms with Crippen LogP contribution >= 0.6 is 43.2 Å². The van der Waals surface area contributed by atoms with E-state index in [1.54, 1.807) is 18.4 Å². The number of carbonyl (C=O) groups is 1. The Morgan fingerprint density at radius 3 is 2.51 bits per heavy atom. The fourth-order valence-electron chi connectivity index (χ4n) is 4.36. The number of halogens is 2. The van der Waals surface area contributed by atoms with Crippen molar-refractivity contribution in [2.45, 2.75) is 26.5 Å². The molecule has 198 valence electrons. The van der Waals surface area contributed by atoms with Crippen molar-refractivity contribution in [3.05, 3.63) is 129 Å². The lowest BCUT2D eigenvalue weighted by Crippen LogP contribution is -2.39. The zero-order chi connectivity index (χ0) is 27.5. The SMILES string of the molecule is CCOC(=O)C1=C(C)N=c2s/c(=C\c3ccc(OCc4ccccc4)c(Br)c3)c(=O)n2[C@H]1c1ccc(Br)cc1. The molecule has 0 amide bonds. The van der Waals surface area contributed by atoms with Crippen LogP contribution in [0, 0.1) is 0 Å². The molecule has 39 heavy (non-hydrogen) atoms. The van der Waals surface area contributed by atoms with E-state index >= 15 is 0 Å². The van der Waals surface area contributed by atoms with Crippen molar-refractivity contribution >= 4 is 55.2 Å². The third-order valence-corrected chi connectivity index (χ3v) is 8.32. The molecule has 0 spiro atoms. The van der Waals surface area contributed by atoms with Crippen LogP contribution in [0.2, 0.25) is 0 Å². The topological polar surface area (TPSA) is 69.9 Å². The van der Waals surface area contributed by atoms with Gasteiger partial charge in [-0.25, -0.2) is 9.79 Å². The van der Waals surface area contributed by atoms with E-state index in [2.05, 4.69) is 36.9 Å². The van der Waals surface area contributed by atoms with Crippen LogP contribution in [-0.4, -0.2) is 17.1 Å². The first-order chi connectivity index (χ1) is 18.9. The highest BCUT2D eigenvalue weighted by molar-refractivity contribution is 9.10. The monoisotopic (exact) mass is 666 g/mol. The highest BCUT2D eigenvalue weighted by Gasteiger charge is 2.33. The second-order valence-corrected chi connectivity index (χ2v) is 11.6. The van der Waals surface area contributed by atoms with Crippen LogP contribution in [0.15, 0.2) is 103 Å². The number of benzene rings is 3. The summed E-state index contributed by atoms with van der Waals surface area (Å²) in [6, 6.07) is 22.6. The maximum atomic E-state index is 13.8. The largest absolute Gasteiger partial charge is 0.488 e. The molecule has 1 aliphatic rings. The van der Waals surface area contributed by atoms with Crippen LogP contribution < -0.4 is 19.6 Å². The molecule has 4 aromatic rings. The molecule has 6 nitrogen and oxygen atoms in total. The molecule has 1 atom stereocenters. The molecule has 2 heterocycles. The standard InChI is InChI=1S/C30H24Br2N2O4S/c1-3-37-29(36)26-18(2)33-30-34(27(26)21-10-12-22(31)13-11-21)28(35)25(39-30)16-20-9-14-24(23(32)15-20)38-17-19-7-5-4-6-8-19/h4-16,27H,3,17H2,1-2H3/b25-16-/t27-/m0/s1. The lowest BCUT2D eigenvalue weighted by Gasteiger charge is -2.24. The van der Waals surface area contributed by atoms with Gasteiger partial charge in [-0.05, 0) is 76.8 Å². The molecular weight excluding hydrogens is 644 g/mol. The lowest BCUT2D eigenvalue weighted by atomic mass is 9.96. The van der Waals surface area contributed by atoms with E-state index in [0.29, 0.717) is 33.0 Å². The number of fused-ring (bicyclic) bond motifs is 1. The molecule has 0 bridgehead atoms. The van der Waals surface area contributed by atoms with Crippen molar-refractivity contribution in [2.24, 2.45) is 4.99 Å². The molecule has 1 aliphatic heterocycles. The first kappa shape index (κ1) is 27.3. The molecule has 1 aromatic heterocycles. The Labute approximate surface area is 246 Å². The number of ether oxygens (including phenoxy) is 2. The van der Waals surface area contributed by atoms with Gasteiger partial charge in [-0.3, -0.25) is 9.36 Å². The zero-order valence-electron chi connectivity index (χ0n) is 21.2. The number of nitrogens with zero attached hydrogens (tertiary/aromatic N) is 2. The minimum Gasteiger partial charge on any atom is -0.488 e. The Balaban J connectivity index is 1.53. The van der Waals surface area contributed by atoms with Crippen LogP contribution in [0.1, 0.15) is 36.6 Å². The number of thiazole rings is 1. The van der Waals surface area contributed by atoms with E-state index in [0.717, 1.165) is 25.6 Å². The summed E-state index contributed by atoms with van der Waals surface area (Å²) in [6.07, 6.45) is 1.83. The Morgan fingerprint density at radius 1 is 1.08 bits per heavy atom. The quantitative estimate of drug-likeness (QED) is 0.230. The zero-order valence-corrected chi connectivity index (χ0v) is 25.2. The van der Waals surface area contributed by atoms with Gasteiger partial charge in [0, 0.05) is 4.47 Å². The van der Waals surface area contributed by atoms with Crippen molar-refractivity contribution in [1.82, 2.24) is 4.57 Å². The average molecular weight is 668 g/mol. The maximum absolute atomic E-state index is 13.8. The first-order valence-electron chi connectivity index (χ1n) is 12.3.